The average Bonchev–Trinajstić information content (AvgIpc) is 2.96. The Kier molecular flexibility index (Phi) is 6.79. The highest BCUT2D eigenvalue weighted by Gasteiger charge is 2.31. The Bertz CT molecular complexity index is 266. The molecule has 0 spiro atoms. The highest BCUT2D eigenvalue weighted by atomic mass is 16.3. The van der Waals surface area contributed by atoms with Crippen molar-refractivity contribution in [3.05, 3.63) is 0 Å². The van der Waals surface area contributed by atoms with Gasteiger partial charge < -0.3 is 15.3 Å². The third-order valence-electron chi connectivity index (χ3n) is 5.18. The predicted octanol–water partition coefficient (Wildman–Crippen LogP) is 2.78. The monoisotopic (exact) mass is 282 g/mol. The van der Waals surface area contributed by atoms with Crippen LogP contribution >= 0.6 is 0 Å². The number of aliphatic hydroxyl groups is 1. The second-order valence-electron chi connectivity index (χ2n) is 6.93. The molecule has 1 saturated heterocycles. The first-order chi connectivity index (χ1) is 9.72. The fourth-order valence-corrected chi connectivity index (χ4v) is 3.96. The van der Waals surface area contributed by atoms with Crippen LogP contribution in [-0.2, 0) is 0 Å². The van der Waals surface area contributed by atoms with Crippen molar-refractivity contribution in [1.29, 1.82) is 0 Å². The van der Waals surface area contributed by atoms with Crippen molar-refractivity contribution in [2.24, 2.45) is 5.92 Å². The number of rotatable bonds is 7. The topological polar surface area (TPSA) is 35.5 Å². The van der Waals surface area contributed by atoms with Crippen LogP contribution in [0.2, 0.25) is 0 Å². The zero-order valence-corrected chi connectivity index (χ0v) is 13.5. The largest absolute Gasteiger partial charge is 0.393 e. The molecule has 3 heteroatoms. The molecule has 2 aliphatic rings. The maximum atomic E-state index is 10.3. The molecular weight excluding hydrogens is 248 g/mol. The highest BCUT2D eigenvalue weighted by Crippen LogP contribution is 2.25. The van der Waals surface area contributed by atoms with Crippen LogP contribution in [-0.4, -0.2) is 47.8 Å². The molecule has 1 saturated carbocycles. The summed E-state index contributed by atoms with van der Waals surface area (Å²) in [5.74, 6) is 0.463. The molecule has 118 valence electrons. The van der Waals surface area contributed by atoms with Gasteiger partial charge in [0.25, 0.3) is 0 Å². The zero-order valence-electron chi connectivity index (χ0n) is 13.5. The average molecular weight is 282 g/mol. The van der Waals surface area contributed by atoms with Crippen molar-refractivity contribution in [2.75, 3.05) is 19.6 Å². The molecule has 0 aromatic rings. The van der Waals surface area contributed by atoms with Gasteiger partial charge in [0.05, 0.1) is 6.10 Å². The van der Waals surface area contributed by atoms with Gasteiger partial charge in [0.2, 0.25) is 0 Å². The van der Waals surface area contributed by atoms with E-state index in [1.54, 1.807) is 0 Å². The van der Waals surface area contributed by atoms with Gasteiger partial charge in [0.15, 0.2) is 0 Å². The number of hydrogen-bond donors (Lipinski definition) is 2. The number of nitrogens with zero attached hydrogens (tertiary/aromatic N) is 1. The predicted molar refractivity (Wildman–Crippen MR) is 84.9 cm³/mol. The van der Waals surface area contributed by atoms with Crippen LogP contribution in [0.5, 0.6) is 0 Å². The fraction of sp³-hybridized carbons (Fsp3) is 1.00. The van der Waals surface area contributed by atoms with Crippen LogP contribution < -0.4 is 5.32 Å². The number of likely N-dealkylation sites (tertiary alicyclic amines) is 1. The lowest BCUT2D eigenvalue weighted by atomic mass is 9.88. The maximum Gasteiger partial charge on any atom is 0.0578 e. The SMILES string of the molecule is CCCCN1CC(NC2CCCC2)CC(C(O)CC)C1. The summed E-state index contributed by atoms with van der Waals surface area (Å²) >= 11 is 0. The van der Waals surface area contributed by atoms with Gasteiger partial charge in [-0.2, -0.15) is 0 Å². The molecule has 0 aromatic heterocycles. The van der Waals surface area contributed by atoms with E-state index in [1.807, 2.05) is 0 Å². The van der Waals surface area contributed by atoms with Gasteiger partial charge in [-0.15, -0.1) is 0 Å². The van der Waals surface area contributed by atoms with Crippen LogP contribution in [0.15, 0.2) is 0 Å². The minimum atomic E-state index is -0.118. The molecule has 2 rings (SSSR count). The van der Waals surface area contributed by atoms with E-state index in [0.29, 0.717) is 12.0 Å². The minimum Gasteiger partial charge on any atom is -0.393 e. The van der Waals surface area contributed by atoms with Crippen molar-refractivity contribution in [1.82, 2.24) is 10.2 Å². The van der Waals surface area contributed by atoms with Crippen LogP contribution in [0.1, 0.15) is 65.2 Å². The number of nitrogens with one attached hydrogen (secondary N) is 1. The van der Waals surface area contributed by atoms with Gasteiger partial charge in [-0.1, -0.05) is 33.1 Å². The van der Waals surface area contributed by atoms with E-state index in [2.05, 4.69) is 24.1 Å². The fourth-order valence-electron chi connectivity index (χ4n) is 3.96. The molecule has 1 heterocycles. The highest BCUT2D eigenvalue weighted by molar-refractivity contribution is 4.89. The molecule has 2 N–H and O–H groups in total. The summed E-state index contributed by atoms with van der Waals surface area (Å²) in [5, 5.41) is 14.1. The third kappa shape index (κ3) is 4.71. The first-order valence-electron chi connectivity index (χ1n) is 8.89. The van der Waals surface area contributed by atoms with Crippen molar-refractivity contribution >= 4 is 0 Å². The van der Waals surface area contributed by atoms with E-state index in [1.165, 1.54) is 51.6 Å². The Labute approximate surface area is 125 Å². The standard InChI is InChI=1S/C17H34N2O/c1-3-5-10-19-12-14(17(20)4-2)11-16(13-19)18-15-8-6-7-9-15/h14-18,20H,3-13H2,1-2H3. The molecule has 3 nitrogen and oxygen atoms in total. The van der Waals surface area contributed by atoms with E-state index in [-0.39, 0.29) is 6.10 Å². The summed E-state index contributed by atoms with van der Waals surface area (Å²) in [6.45, 7) is 7.85. The summed E-state index contributed by atoms with van der Waals surface area (Å²) in [4.78, 5) is 2.59. The first-order valence-corrected chi connectivity index (χ1v) is 8.89. The second kappa shape index (κ2) is 8.35. The molecule has 1 aliphatic heterocycles. The van der Waals surface area contributed by atoms with Gasteiger partial charge in [-0.3, -0.25) is 0 Å². The van der Waals surface area contributed by atoms with Crippen LogP contribution in [0, 0.1) is 5.92 Å². The summed E-state index contributed by atoms with van der Waals surface area (Å²) < 4.78 is 0. The number of hydrogen-bond acceptors (Lipinski definition) is 3. The quantitative estimate of drug-likeness (QED) is 0.754. The van der Waals surface area contributed by atoms with E-state index in [9.17, 15) is 5.11 Å². The Morgan fingerprint density at radius 2 is 1.90 bits per heavy atom. The number of aliphatic hydroxyl groups excluding tert-OH is 1. The van der Waals surface area contributed by atoms with Gasteiger partial charge >= 0.3 is 0 Å². The van der Waals surface area contributed by atoms with E-state index in [0.717, 1.165) is 25.4 Å². The lowest BCUT2D eigenvalue weighted by Crippen LogP contribution is -2.53. The Morgan fingerprint density at radius 1 is 1.15 bits per heavy atom. The summed E-state index contributed by atoms with van der Waals surface area (Å²) in [6.07, 6.45) is 9.97. The van der Waals surface area contributed by atoms with Crippen LogP contribution in [0.4, 0.5) is 0 Å². The molecule has 0 radical (unpaired) electrons. The zero-order chi connectivity index (χ0) is 14.4. The van der Waals surface area contributed by atoms with Crippen molar-refractivity contribution < 1.29 is 5.11 Å². The van der Waals surface area contributed by atoms with Crippen molar-refractivity contribution in [3.8, 4) is 0 Å². The third-order valence-corrected chi connectivity index (χ3v) is 5.18. The second-order valence-corrected chi connectivity index (χ2v) is 6.93. The lowest BCUT2D eigenvalue weighted by Gasteiger charge is -2.41. The normalized spacial score (nSPS) is 30.8. The van der Waals surface area contributed by atoms with Crippen LogP contribution in [0.3, 0.4) is 0 Å². The molecule has 0 aromatic carbocycles. The van der Waals surface area contributed by atoms with Gasteiger partial charge in [-0.05, 0) is 44.6 Å². The molecule has 3 atom stereocenters. The Morgan fingerprint density at radius 3 is 2.55 bits per heavy atom. The van der Waals surface area contributed by atoms with Crippen molar-refractivity contribution in [2.45, 2.75) is 83.4 Å². The molecule has 2 fully saturated rings. The number of piperidine rings is 1. The van der Waals surface area contributed by atoms with Crippen LogP contribution in [0.25, 0.3) is 0 Å². The van der Waals surface area contributed by atoms with E-state index < -0.39 is 0 Å². The smallest absolute Gasteiger partial charge is 0.0578 e. The first kappa shape index (κ1) is 16.3. The number of unbranched alkanes of at least 4 members (excludes halogenated alkanes) is 1. The van der Waals surface area contributed by atoms with E-state index >= 15 is 0 Å². The minimum absolute atomic E-state index is 0.118. The molecule has 3 unspecified atom stereocenters. The Hall–Kier alpha value is -0.120. The Balaban J connectivity index is 1.88. The van der Waals surface area contributed by atoms with Gasteiger partial charge in [-0.25, -0.2) is 0 Å². The van der Waals surface area contributed by atoms with Crippen molar-refractivity contribution in [3.63, 3.8) is 0 Å². The van der Waals surface area contributed by atoms with E-state index in [4.69, 9.17) is 0 Å². The maximum absolute atomic E-state index is 10.3. The van der Waals surface area contributed by atoms with Gasteiger partial charge in [0, 0.05) is 25.2 Å². The summed E-state index contributed by atoms with van der Waals surface area (Å²) in [5.41, 5.74) is 0. The molecule has 0 amide bonds. The molecule has 0 bridgehead atoms. The summed E-state index contributed by atoms with van der Waals surface area (Å²) in [6, 6.07) is 1.33. The van der Waals surface area contributed by atoms with Gasteiger partial charge in [0.1, 0.15) is 0 Å². The molecular formula is C17H34N2O. The molecule has 1 aliphatic carbocycles. The summed E-state index contributed by atoms with van der Waals surface area (Å²) in [7, 11) is 0. The lowest BCUT2D eigenvalue weighted by molar-refractivity contribution is 0.0333. The molecule has 20 heavy (non-hydrogen) atoms.